The topological polar surface area (TPSA) is 73.7 Å². The van der Waals surface area contributed by atoms with Crippen LogP contribution in [0.2, 0.25) is 0 Å². The highest BCUT2D eigenvalue weighted by atomic mass is 35.5. The van der Waals surface area contributed by atoms with Gasteiger partial charge in [-0.25, -0.2) is 8.42 Å². The van der Waals surface area contributed by atoms with Crippen molar-refractivity contribution in [2.45, 2.75) is 30.1 Å². The van der Waals surface area contributed by atoms with Crippen molar-refractivity contribution in [3.63, 3.8) is 0 Å². The van der Waals surface area contributed by atoms with Crippen LogP contribution in [0.25, 0.3) is 0 Å². The third kappa shape index (κ3) is 3.57. The molecule has 1 aliphatic rings. The lowest BCUT2D eigenvalue weighted by molar-refractivity contribution is -0.00461. The third-order valence-electron chi connectivity index (χ3n) is 3.56. The Balaban J connectivity index is 2.13. The number of hydrogen-bond donors (Lipinski definition) is 0. The van der Waals surface area contributed by atoms with E-state index in [1.54, 1.807) is 18.9 Å². The maximum atomic E-state index is 12.6. The van der Waals surface area contributed by atoms with Crippen molar-refractivity contribution in [2.75, 3.05) is 33.2 Å². The van der Waals surface area contributed by atoms with E-state index in [4.69, 9.17) is 21.1 Å². The van der Waals surface area contributed by atoms with Crippen LogP contribution in [-0.4, -0.2) is 67.9 Å². The van der Waals surface area contributed by atoms with Gasteiger partial charge in [-0.3, -0.25) is 4.68 Å². The molecule has 0 amide bonds. The number of hydrogen-bond acceptors (Lipinski definition) is 5. The number of aryl methyl sites for hydroxylation is 1. The molecule has 1 aliphatic heterocycles. The standard InChI is InChI=1S/C12H20ClN3O4S/c1-19-11-8-16(9-12(11)20-2)21(17,18)10-6-14-15(7-10)5-3-4-13/h6-7,11-12H,3-5,8-9H2,1-2H3. The van der Waals surface area contributed by atoms with Crippen LogP contribution in [0, 0.1) is 0 Å². The maximum Gasteiger partial charge on any atom is 0.246 e. The molecule has 1 fully saturated rings. The second-order valence-corrected chi connectivity index (χ2v) is 7.17. The summed E-state index contributed by atoms with van der Waals surface area (Å²) in [6, 6.07) is 0. The summed E-state index contributed by atoms with van der Waals surface area (Å²) < 4.78 is 38.7. The molecule has 0 bridgehead atoms. The quantitative estimate of drug-likeness (QED) is 0.679. The fourth-order valence-corrected chi connectivity index (χ4v) is 3.87. The molecule has 21 heavy (non-hydrogen) atoms. The average Bonchev–Trinajstić information content (AvgIpc) is 3.11. The Morgan fingerprint density at radius 3 is 2.48 bits per heavy atom. The molecule has 2 rings (SSSR count). The van der Waals surface area contributed by atoms with Gasteiger partial charge in [-0.05, 0) is 6.42 Å². The minimum Gasteiger partial charge on any atom is -0.377 e. The number of halogens is 1. The Kier molecular flexibility index (Phi) is 5.61. The van der Waals surface area contributed by atoms with Crippen molar-refractivity contribution in [1.29, 1.82) is 0 Å². The highest BCUT2D eigenvalue weighted by Crippen LogP contribution is 2.23. The molecule has 1 aromatic rings. The van der Waals surface area contributed by atoms with Gasteiger partial charge in [-0.1, -0.05) is 0 Å². The minimum absolute atomic E-state index is 0.184. The molecule has 0 radical (unpaired) electrons. The summed E-state index contributed by atoms with van der Waals surface area (Å²) in [5.74, 6) is 0.513. The molecule has 0 saturated carbocycles. The molecule has 0 aromatic carbocycles. The van der Waals surface area contributed by atoms with Crippen molar-refractivity contribution >= 4 is 21.6 Å². The molecule has 2 heterocycles. The Morgan fingerprint density at radius 2 is 1.95 bits per heavy atom. The van der Waals surface area contributed by atoms with Crippen LogP contribution in [0.3, 0.4) is 0 Å². The summed E-state index contributed by atoms with van der Waals surface area (Å²) in [5, 5.41) is 4.06. The zero-order valence-corrected chi connectivity index (χ0v) is 13.7. The van der Waals surface area contributed by atoms with Crippen LogP contribution in [-0.2, 0) is 26.0 Å². The van der Waals surface area contributed by atoms with Crippen LogP contribution in [0.1, 0.15) is 6.42 Å². The van der Waals surface area contributed by atoms with Gasteiger partial charge in [0.25, 0.3) is 0 Å². The molecular formula is C12H20ClN3O4S. The third-order valence-corrected chi connectivity index (χ3v) is 5.61. The second-order valence-electron chi connectivity index (χ2n) is 4.85. The first-order valence-electron chi connectivity index (χ1n) is 6.67. The summed E-state index contributed by atoms with van der Waals surface area (Å²) >= 11 is 5.62. The Morgan fingerprint density at radius 1 is 1.33 bits per heavy atom. The molecule has 2 unspecified atom stereocenters. The first kappa shape index (κ1) is 16.7. The monoisotopic (exact) mass is 337 g/mol. The number of ether oxygens (including phenoxy) is 2. The average molecular weight is 338 g/mol. The summed E-state index contributed by atoms with van der Waals surface area (Å²) in [6.45, 7) is 1.16. The highest BCUT2D eigenvalue weighted by molar-refractivity contribution is 7.89. The summed E-state index contributed by atoms with van der Waals surface area (Å²) in [5.41, 5.74) is 0. The van der Waals surface area contributed by atoms with E-state index in [0.717, 1.165) is 6.42 Å². The lowest BCUT2D eigenvalue weighted by Gasteiger charge is -2.14. The molecule has 120 valence electrons. The fourth-order valence-electron chi connectivity index (χ4n) is 2.33. The lowest BCUT2D eigenvalue weighted by atomic mass is 10.3. The van der Waals surface area contributed by atoms with E-state index in [-0.39, 0.29) is 30.2 Å². The number of aromatic nitrogens is 2. The van der Waals surface area contributed by atoms with E-state index in [0.29, 0.717) is 12.4 Å². The van der Waals surface area contributed by atoms with Gasteiger partial charge in [-0.15, -0.1) is 11.6 Å². The molecule has 0 aliphatic carbocycles. The predicted molar refractivity (Wildman–Crippen MR) is 77.9 cm³/mol. The number of nitrogens with zero attached hydrogens (tertiary/aromatic N) is 3. The molecule has 1 saturated heterocycles. The van der Waals surface area contributed by atoms with Gasteiger partial charge in [0.15, 0.2) is 0 Å². The molecule has 0 spiro atoms. The zero-order chi connectivity index (χ0) is 15.5. The Hall–Kier alpha value is -0.670. The Bertz CT molecular complexity index is 551. The number of rotatable bonds is 7. The summed E-state index contributed by atoms with van der Waals surface area (Å²) in [6.07, 6.45) is 3.13. The van der Waals surface area contributed by atoms with Crippen molar-refractivity contribution < 1.29 is 17.9 Å². The van der Waals surface area contributed by atoms with Crippen LogP contribution in [0.5, 0.6) is 0 Å². The largest absolute Gasteiger partial charge is 0.377 e. The van der Waals surface area contributed by atoms with E-state index < -0.39 is 10.0 Å². The van der Waals surface area contributed by atoms with E-state index in [1.807, 2.05) is 0 Å². The highest BCUT2D eigenvalue weighted by Gasteiger charge is 2.40. The van der Waals surface area contributed by atoms with Gasteiger partial charge in [0, 0.05) is 45.9 Å². The minimum atomic E-state index is -3.57. The van der Waals surface area contributed by atoms with E-state index in [9.17, 15) is 8.42 Å². The molecular weight excluding hydrogens is 318 g/mol. The van der Waals surface area contributed by atoms with E-state index in [1.165, 1.54) is 16.7 Å². The smallest absolute Gasteiger partial charge is 0.246 e. The fraction of sp³-hybridized carbons (Fsp3) is 0.750. The van der Waals surface area contributed by atoms with Crippen LogP contribution in [0.4, 0.5) is 0 Å². The van der Waals surface area contributed by atoms with Crippen molar-refractivity contribution in [1.82, 2.24) is 14.1 Å². The maximum absolute atomic E-state index is 12.6. The van der Waals surface area contributed by atoms with Crippen molar-refractivity contribution in [2.24, 2.45) is 0 Å². The van der Waals surface area contributed by atoms with Gasteiger partial charge in [-0.2, -0.15) is 9.40 Å². The number of methoxy groups -OCH3 is 2. The van der Waals surface area contributed by atoms with Crippen molar-refractivity contribution in [3.05, 3.63) is 12.4 Å². The first-order chi connectivity index (χ1) is 10.0. The van der Waals surface area contributed by atoms with Crippen LogP contribution >= 0.6 is 11.6 Å². The van der Waals surface area contributed by atoms with Gasteiger partial charge in [0.2, 0.25) is 10.0 Å². The van der Waals surface area contributed by atoms with Crippen LogP contribution < -0.4 is 0 Å². The van der Waals surface area contributed by atoms with Gasteiger partial charge < -0.3 is 9.47 Å². The number of sulfonamides is 1. The molecule has 1 aromatic heterocycles. The van der Waals surface area contributed by atoms with Crippen LogP contribution in [0.15, 0.2) is 17.3 Å². The van der Waals surface area contributed by atoms with Crippen molar-refractivity contribution in [3.8, 4) is 0 Å². The Labute approximate surface area is 129 Å². The zero-order valence-electron chi connectivity index (χ0n) is 12.1. The molecule has 2 atom stereocenters. The number of alkyl halides is 1. The van der Waals surface area contributed by atoms with Gasteiger partial charge in [0.1, 0.15) is 4.90 Å². The molecule has 9 heteroatoms. The van der Waals surface area contributed by atoms with E-state index in [2.05, 4.69) is 5.10 Å². The van der Waals surface area contributed by atoms with Gasteiger partial charge >= 0.3 is 0 Å². The normalized spacial score (nSPS) is 23.8. The summed E-state index contributed by atoms with van der Waals surface area (Å²) in [4.78, 5) is 0.184. The SMILES string of the molecule is COC1CN(S(=O)(=O)c2cnn(CCCCl)c2)CC1OC. The first-order valence-corrected chi connectivity index (χ1v) is 8.64. The lowest BCUT2D eigenvalue weighted by Crippen LogP contribution is -2.30. The second kappa shape index (κ2) is 7.06. The summed E-state index contributed by atoms with van der Waals surface area (Å²) in [7, 11) is -0.467. The molecule has 7 nitrogen and oxygen atoms in total. The van der Waals surface area contributed by atoms with Gasteiger partial charge in [0.05, 0.1) is 18.4 Å². The van der Waals surface area contributed by atoms with E-state index >= 15 is 0 Å². The molecule has 0 N–H and O–H groups in total. The predicted octanol–water partition coefficient (Wildman–Crippen LogP) is 0.546.